The molecule has 4 rings (SSSR count). The van der Waals surface area contributed by atoms with Gasteiger partial charge in [0.1, 0.15) is 0 Å². The molecule has 29 heavy (non-hydrogen) atoms. The molecule has 150 valence electrons. The second kappa shape index (κ2) is 9.05. The van der Waals surface area contributed by atoms with Crippen LogP contribution in [-0.4, -0.2) is 44.7 Å². The van der Waals surface area contributed by atoms with E-state index in [0.29, 0.717) is 18.7 Å². The molecule has 1 N–H and O–H groups in total. The minimum atomic E-state index is -0.304. The van der Waals surface area contributed by atoms with Crippen molar-refractivity contribution < 1.29 is 9.90 Å². The van der Waals surface area contributed by atoms with Crippen molar-refractivity contribution in [1.29, 1.82) is 0 Å². The highest BCUT2D eigenvalue weighted by atomic mass is 16.3. The van der Waals surface area contributed by atoms with E-state index in [1.54, 1.807) is 12.5 Å². The van der Waals surface area contributed by atoms with E-state index in [1.807, 2.05) is 58.1 Å². The van der Waals surface area contributed by atoms with Gasteiger partial charge in [-0.25, -0.2) is 4.98 Å². The Labute approximate surface area is 171 Å². The number of imidazole rings is 1. The lowest BCUT2D eigenvalue weighted by Crippen LogP contribution is -2.41. The molecule has 0 spiro atoms. The van der Waals surface area contributed by atoms with Crippen LogP contribution in [0, 0.1) is 5.92 Å². The lowest BCUT2D eigenvalue weighted by Gasteiger charge is -2.34. The van der Waals surface area contributed by atoms with E-state index >= 15 is 0 Å². The first-order valence-electron chi connectivity index (χ1n) is 10.3. The summed E-state index contributed by atoms with van der Waals surface area (Å²) < 4.78 is 1.91. The van der Waals surface area contributed by atoms with Gasteiger partial charge in [0.15, 0.2) is 0 Å². The molecule has 1 aliphatic rings. The molecule has 1 atom stereocenters. The third-order valence-corrected chi connectivity index (χ3v) is 5.86. The number of aryl methyl sites for hydroxylation is 1. The van der Waals surface area contributed by atoms with Crippen molar-refractivity contribution in [2.75, 3.05) is 13.1 Å². The number of benzene rings is 2. The lowest BCUT2D eigenvalue weighted by molar-refractivity contribution is 0.0437. The van der Waals surface area contributed by atoms with Crippen LogP contribution in [0.5, 0.6) is 0 Å². The Morgan fingerprint density at radius 3 is 2.45 bits per heavy atom. The summed E-state index contributed by atoms with van der Waals surface area (Å²) in [6.07, 6.45) is 8.43. The van der Waals surface area contributed by atoms with E-state index in [-0.39, 0.29) is 17.9 Å². The van der Waals surface area contributed by atoms with E-state index in [0.717, 1.165) is 31.4 Å². The third kappa shape index (κ3) is 4.74. The van der Waals surface area contributed by atoms with Gasteiger partial charge in [-0.05, 0) is 61.4 Å². The van der Waals surface area contributed by atoms with Crippen LogP contribution in [0.3, 0.4) is 0 Å². The summed E-state index contributed by atoms with van der Waals surface area (Å²) in [5.41, 5.74) is 2.95. The van der Waals surface area contributed by atoms with Crippen molar-refractivity contribution in [1.82, 2.24) is 14.5 Å². The van der Waals surface area contributed by atoms with E-state index < -0.39 is 0 Å². The standard InChI is InChI=1S/C24H27N3O2/c28-23(11-6-19-4-2-1-3-5-19)20-12-15-26(16-13-20)24(29)21-7-9-22(10-8-21)27-17-14-25-18-27/h1-5,7-10,14,17-18,20,23,28H,6,11-13,15-16H2. The zero-order valence-corrected chi connectivity index (χ0v) is 16.5. The van der Waals surface area contributed by atoms with E-state index in [9.17, 15) is 9.90 Å². The summed E-state index contributed by atoms with van der Waals surface area (Å²) in [5, 5.41) is 10.6. The molecule has 1 fully saturated rings. The van der Waals surface area contributed by atoms with Gasteiger partial charge in [0.2, 0.25) is 0 Å². The molecule has 3 aromatic rings. The lowest BCUT2D eigenvalue weighted by atomic mass is 9.88. The fourth-order valence-corrected chi connectivity index (χ4v) is 4.05. The molecular formula is C24H27N3O2. The smallest absolute Gasteiger partial charge is 0.253 e. The highest BCUT2D eigenvalue weighted by Gasteiger charge is 2.27. The molecule has 0 aliphatic carbocycles. The highest BCUT2D eigenvalue weighted by Crippen LogP contribution is 2.25. The first-order chi connectivity index (χ1) is 14.2. The van der Waals surface area contributed by atoms with Gasteiger partial charge >= 0.3 is 0 Å². The van der Waals surface area contributed by atoms with Gasteiger partial charge in [-0.3, -0.25) is 4.79 Å². The molecule has 2 heterocycles. The Morgan fingerprint density at radius 2 is 1.79 bits per heavy atom. The molecule has 1 aromatic heterocycles. The fourth-order valence-electron chi connectivity index (χ4n) is 4.05. The number of likely N-dealkylation sites (tertiary alicyclic amines) is 1. The maximum absolute atomic E-state index is 12.8. The van der Waals surface area contributed by atoms with Gasteiger partial charge in [0.05, 0.1) is 12.4 Å². The van der Waals surface area contributed by atoms with Crippen LogP contribution in [0.1, 0.15) is 35.2 Å². The Hall–Kier alpha value is -2.92. The van der Waals surface area contributed by atoms with E-state index in [2.05, 4.69) is 17.1 Å². The number of carbonyl (C=O) groups excluding carboxylic acids is 1. The zero-order valence-electron chi connectivity index (χ0n) is 16.5. The number of hydrogen-bond donors (Lipinski definition) is 1. The zero-order chi connectivity index (χ0) is 20.1. The number of rotatable bonds is 6. The molecule has 1 aliphatic heterocycles. The van der Waals surface area contributed by atoms with Crippen LogP contribution in [-0.2, 0) is 6.42 Å². The van der Waals surface area contributed by atoms with Gasteiger partial charge in [0.25, 0.3) is 5.91 Å². The summed E-state index contributed by atoms with van der Waals surface area (Å²) in [7, 11) is 0. The number of aromatic nitrogens is 2. The predicted molar refractivity (Wildman–Crippen MR) is 113 cm³/mol. The second-order valence-electron chi connectivity index (χ2n) is 7.74. The van der Waals surface area contributed by atoms with Gasteiger partial charge in [-0.15, -0.1) is 0 Å². The van der Waals surface area contributed by atoms with Crippen molar-refractivity contribution in [2.45, 2.75) is 31.8 Å². The average molecular weight is 389 g/mol. The maximum Gasteiger partial charge on any atom is 0.253 e. The molecule has 0 radical (unpaired) electrons. The third-order valence-electron chi connectivity index (χ3n) is 5.86. The summed E-state index contributed by atoms with van der Waals surface area (Å²) in [4.78, 5) is 18.8. The average Bonchev–Trinajstić information content (AvgIpc) is 3.33. The van der Waals surface area contributed by atoms with Gasteiger partial charge in [-0.1, -0.05) is 30.3 Å². The fraction of sp³-hybridized carbons (Fsp3) is 0.333. The van der Waals surface area contributed by atoms with Crippen LogP contribution in [0.15, 0.2) is 73.3 Å². The van der Waals surface area contributed by atoms with Crippen LogP contribution in [0.25, 0.3) is 5.69 Å². The van der Waals surface area contributed by atoms with Crippen LogP contribution >= 0.6 is 0 Å². The number of amides is 1. The molecule has 1 unspecified atom stereocenters. The summed E-state index contributed by atoms with van der Waals surface area (Å²) >= 11 is 0. The number of hydrogen-bond acceptors (Lipinski definition) is 3. The minimum Gasteiger partial charge on any atom is -0.393 e. The monoisotopic (exact) mass is 389 g/mol. The highest BCUT2D eigenvalue weighted by molar-refractivity contribution is 5.94. The molecular weight excluding hydrogens is 362 g/mol. The number of aliphatic hydroxyl groups is 1. The van der Waals surface area contributed by atoms with E-state index in [4.69, 9.17) is 0 Å². The topological polar surface area (TPSA) is 58.4 Å². The van der Waals surface area contributed by atoms with Crippen molar-refractivity contribution >= 4 is 5.91 Å². The molecule has 0 saturated carbocycles. The quantitative estimate of drug-likeness (QED) is 0.699. The molecule has 0 bridgehead atoms. The SMILES string of the molecule is O=C(c1ccc(-n2ccnc2)cc1)N1CCC(C(O)CCc2ccccc2)CC1. The Kier molecular flexibility index (Phi) is 6.06. The Morgan fingerprint density at radius 1 is 1.07 bits per heavy atom. The van der Waals surface area contributed by atoms with E-state index in [1.165, 1.54) is 5.56 Å². The maximum atomic E-state index is 12.8. The second-order valence-corrected chi connectivity index (χ2v) is 7.74. The molecule has 5 heteroatoms. The van der Waals surface area contributed by atoms with Crippen molar-refractivity contribution in [3.05, 3.63) is 84.4 Å². The van der Waals surface area contributed by atoms with Crippen molar-refractivity contribution in [2.24, 2.45) is 5.92 Å². The van der Waals surface area contributed by atoms with Gasteiger partial charge in [0, 0.05) is 36.7 Å². The first kappa shape index (κ1) is 19.4. The molecule has 2 aromatic carbocycles. The Balaban J connectivity index is 1.28. The number of aliphatic hydroxyl groups excluding tert-OH is 1. The number of nitrogens with zero attached hydrogens (tertiary/aromatic N) is 3. The van der Waals surface area contributed by atoms with Crippen LogP contribution in [0.4, 0.5) is 0 Å². The first-order valence-corrected chi connectivity index (χ1v) is 10.3. The number of carbonyl (C=O) groups is 1. The van der Waals surface area contributed by atoms with Crippen LogP contribution in [0.2, 0.25) is 0 Å². The van der Waals surface area contributed by atoms with Crippen LogP contribution < -0.4 is 0 Å². The van der Waals surface area contributed by atoms with Gasteiger partial charge < -0.3 is 14.6 Å². The normalized spacial score (nSPS) is 16.0. The van der Waals surface area contributed by atoms with Gasteiger partial charge in [-0.2, -0.15) is 0 Å². The largest absolute Gasteiger partial charge is 0.393 e. The Bertz CT molecular complexity index is 899. The number of piperidine rings is 1. The summed E-state index contributed by atoms with van der Waals surface area (Å²) in [6.45, 7) is 1.41. The molecule has 1 saturated heterocycles. The predicted octanol–water partition coefficient (Wildman–Crippen LogP) is 3.72. The molecule has 5 nitrogen and oxygen atoms in total. The summed E-state index contributed by atoms with van der Waals surface area (Å²) in [6, 6.07) is 17.9. The minimum absolute atomic E-state index is 0.0689. The molecule has 1 amide bonds. The summed E-state index contributed by atoms with van der Waals surface area (Å²) in [5.74, 6) is 0.339. The van der Waals surface area contributed by atoms with Crippen molar-refractivity contribution in [3.63, 3.8) is 0 Å². The van der Waals surface area contributed by atoms with Crippen molar-refractivity contribution in [3.8, 4) is 5.69 Å².